The number of hydrogen-bond donors (Lipinski definition) is 3. The highest BCUT2D eigenvalue weighted by Crippen LogP contribution is 2.28. The van der Waals surface area contributed by atoms with Crippen LogP contribution in [0.25, 0.3) is 11.1 Å². The van der Waals surface area contributed by atoms with Crippen LogP contribution in [0.5, 0.6) is 0 Å². The lowest BCUT2D eigenvalue weighted by molar-refractivity contribution is -0.138. The van der Waals surface area contributed by atoms with Crippen molar-refractivity contribution in [2.75, 3.05) is 5.32 Å². The number of carboxylic acids is 1. The fourth-order valence-electron chi connectivity index (χ4n) is 3.49. The molecule has 0 saturated heterocycles. The van der Waals surface area contributed by atoms with Crippen molar-refractivity contribution < 1.29 is 14.7 Å². The number of hydrogen-bond acceptors (Lipinski definition) is 3. The highest BCUT2D eigenvalue weighted by Gasteiger charge is 2.17. The van der Waals surface area contributed by atoms with E-state index in [1.807, 2.05) is 56.3 Å². The second-order valence-corrected chi connectivity index (χ2v) is 8.43. The first-order valence-corrected chi connectivity index (χ1v) is 10.8. The Morgan fingerprint density at radius 1 is 0.906 bits per heavy atom. The number of aliphatic carboxylic acids is 1. The molecule has 0 bridgehead atoms. The third-order valence-corrected chi connectivity index (χ3v) is 5.87. The molecule has 0 fully saturated rings. The first kappa shape index (κ1) is 23.4. The third-order valence-electron chi connectivity index (χ3n) is 5.45. The van der Waals surface area contributed by atoms with E-state index < -0.39 is 17.9 Å². The summed E-state index contributed by atoms with van der Waals surface area (Å²) in [6.07, 6.45) is 0. The lowest BCUT2D eigenvalue weighted by atomic mass is 9.98. The summed E-state index contributed by atoms with van der Waals surface area (Å²) in [6, 6.07) is 18.8. The van der Waals surface area contributed by atoms with Crippen molar-refractivity contribution in [1.29, 1.82) is 0 Å². The van der Waals surface area contributed by atoms with Crippen molar-refractivity contribution in [2.45, 2.75) is 39.8 Å². The fourth-order valence-corrected chi connectivity index (χ4v) is 3.61. The van der Waals surface area contributed by atoms with E-state index in [4.69, 9.17) is 16.7 Å². The van der Waals surface area contributed by atoms with Crippen molar-refractivity contribution in [1.82, 2.24) is 5.32 Å². The van der Waals surface area contributed by atoms with Gasteiger partial charge >= 0.3 is 5.97 Å². The van der Waals surface area contributed by atoms with Crippen LogP contribution in [0.2, 0.25) is 5.02 Å². The number of carbonyl (C=O) groups excluding carboxylic acids is 1. The standard InChI is InChI=1S/C26H27ClN2O3/c1-15-12-21(8-10-23(15)25(30)29-18(4)26(31)32)20-6-5-7-22(14-20)28-17(3)19-9-11-24(27)16(2)13-19/h5-14,17-18,28H,1-4H3,(H,29,30)(H,31,32)/t17?,18-/m0/s1. The molecular formula is C26H27ClN2O3. The molecule has 166 valence electrons. The molecule has 32 heavy (non-hydrogen) atoms. The fraction of sp³-hybridized carbons (Fsp3) is 0.231. The van der Waals surface area contributed by atoms with Crippen LogP contribution in [-0.2, 0) is 4.79 Å². The Morgan fingerprint density at radius 3 is 2.28 bits per heavy atom. The average molecular weight is 451 g/mol. The molecule has 3 rings (SSSR count). The molecule has 1 amide bonds. The van der Waals surface area contributed by atoms with Crippen LogP contribution >= 0.6 is 11.6 Å². The average Bonchev–Trinajstić information content (AvgIpc) is 2.75. The van der Waals surface area contributed by atoms with E-state index in [0.29, 0.717) is 5.56 Å². The van der Waals surface area contributed by atoms with E-state index in [9.17, 15) is 9.59 Å². The first-order valence-electron chi connectivity index (χ1n) is 10.4. The number of benzene rings is 3. The van der Waals surface area contributed by atoms with E-state index in [1.54, 1.807) is 6.07 Å². The van der Waals surface area contributed by atoms with Crippen molar-refractivity contribution in [3.63, 3.8) is 0 Å². The van der Waals surface area contributed by atoms with Gasteiger partial charge in [0.2, 0.25) is 0 Å². The zero-order chi connectivity index (χ0) is 23.4. The number of rotatable bonds is 7. The van der Waals surface area contributed by atoms with Gasteiger partial charge in [-0.25, -0.2) is 0 Å². The third kappa shape index (κ3) is 5.48. The smallest absolute Gasteiger partial charge is 0.325 e. The Labute approximate surface area is 193 Å². The SMILES string of the molecule is Cc1cc(C(C)Nc2cccc(-c3ccc(C(=O)N[C@@H](C)C(=O)O)c(C)c3)c2)ccc1Cl. The molecule has 0 aromatic heterocycles. The summed E-state index contributed by atoms with van der Waals surface area (Å²) in [5.41, 5.74) is 6.41. The van der Waals surface area contributed by atoms with Gasteiger partial charge in [0.1, 0.15) is 6.04 Å². The maximum Gasteiger partial charge on any atom is 0.325 e. The quantitative estimate of drug-likeness (QED) is 0.412. The summed E-state index contributed by atoms with van der Waals surface area (Å²) in [4.78, 5) is 23.4. The highest BCUT2D eigenvalue weighted by atomic mass is 35.5. The molecule has 0 saturated carbocycles. The Balaban J connectivity index is 1.78. The molecular weight excluding hydrogens is 424 g/mol. The van der Waals surface area contributed by atoms with Crippen molar-refractivity contribution in [3.8, 4) is 11.1 Å². The molecule has 6 heteroatoms. The largest absolute Gasteiger partial charge is 0.480 e. The van der Waals surface area contributed by atoms with Crippen molar-refractivity contribution >= 4 is 29.2 Å². The van der Waals surface area contributed by atoms with Crippen molar-refractivity contribution in [3.05, 3.63) is 87.9 Å². The lowest BCUT2D eigenvalue weighted by Crippen LogP contribution is -2.38. The summed E-state index contributed by atoms with van der Waals surface area (Å²) < 4.78 is 0. The summed E-state index contributed by atoms with van der Waals surface area (Å²) >= 11 is 6.14. The van der Waals surface area contributed by atoms with E-state index in [2.05, 4.69) is 29.7 Å². The molecule has 0 aliphatic heterocycles. The van der Waals surface area contributed by atoms with Gasteiger partial charge < -0.3 is 15.7 Å². The van der Waals surface area contributed by atoms with Gasteiger partial charge in [-0.3, -0.25) is 9.59 Å². The molecule has 5 nitrogen and oxygen atoms in total. The summed E-state index contributed by atoms with van der Waals surface area (Å²) in [5.74, 6) is -1.47. The molecule has 2 atom stereocenters. The zero-order valence-corrected chi connectivity index (χ0v) is 19.3. The molecule has 3 aromatic rings. The van der Waals surface area contributed by atoms with Gasteiger partial charge in [0.05, 0.1) is 0 Å². The number of carboxylic acid groups (broad SMARTS) is 1. The maximum absolute atomic E-state index is 12.4. The van der Waals surface area contributed by atoms with Gasteiger partial charge in [0.25, 0.3) is 5.91 Å². The van der Waals surface area contributed by atoms with Gasteiger partial charge in [0.15, 0.2) is 0 Å². The number of anilines is 1. The van der Waals surface area contributed by atoms with Gasteiger partial charge in [0, 0.05) is 22.3 Å². The number of halogens is 1. The van der Waals surface area contributed by atoms with Crippen LogP contribution < -0.4 is 10.6 Å². The number of nitrogens with one attached hydrogen (secondary N) is 2. The van der Waals surface area contributed by atoms with Crippen LogP contribution in [-0.4, -0.2) is 23.0 Å². The Bertz CT molecular complexity index is 1160. The number of aryl methyl sites for hydroxylation is 2. The monoisotopic (exact) mass is 450 g/mol. The Kier molecular flexibility index (Phi) is 7.21. The van der Waals surface area contributed by atoms with Crippen molar-refractivity contribution in [2.24, 2.45) is 0 Å². The van der Waals surface area contributed by atoms with Gasteiger partial charge in [-0.15, -0.1) is 0 Å². The normalized spacial score (nSPS) is 12.7. The topological polar surface area (TPSA) is 78.4 Å². The van der Waals surface area contributed by atoms with Crippen LogP contribution in [0, 0.1) is 13.8 Å². The molecule has 0 spiro atoms. The lowest BCUT2D eigenvalue weighted by Gasteiger charge is -2.18. The second kappa shape index (κ2) is 9.88. The molecule has 0 aliphatic rings. The predicted octanol–water partition coefficient (Wildman–Crippen LogP) is 6.00. The highest BCUT2D eigenvalue weighted by molar-refractivity contribution is 6.31. The minimum absolute atomic E-state index is 0.102. The minimum atomic E-state index is -1.07. The Hall–Kier alpha value is -3.31. The van der Waals surface area contributed by atoms with E-state index in [1.165, 1.54) is 6.92 Å². The zero-order valence-electron chi connectivity index (χ0n) is 18.6. The van der Waals surface area contributed by atoms with Crippen LogP contribution in [0.15, 0.2) is 60.7 Å². The predicted molar refractivity (Wildman–Crippen MR) is 129 cm³/mol. The first-order chi connectivity index (χ1) is 15.2. The van der Waals surface area contributed by atoms with E-state index in [-0.39, 0.29) is 6.04 Å². The van der Waals surface area contributed by atoms with Crippen LogP contribution in [0.4, 0.5) is 5.69 Å². The second-order valence-electron chi connectivity index (χ2n) is 8.02. The molecule has 3 N–H and O–H groups in total. The van der Waals surface area contributed by atoms with Gasteiger partial charge in [-0.2, -0.15) is 0 Å². The van der Waals surface area contributed by atoms with E-state index in [0.717, 1.165) is 38.5 Å². The van der Waals surface area contributed by atoms with Gasteiger partial charge in [-0.05, 0) is 79.8 Å². The number of carbonyl (C=O) groups is 2. The molecule has 1 unspecified atom stereocenters. The van der Waals surface area contributed by atoms with E-state index >= 15 is 0 Å². The minimum Gasteiger partial charge on any atom is -0.480 e. The molecule has 0 aliphatic carbocycles. The van der Waals surface area contributed by atoms with Gasteiger partial charge in [-0.1, -0.05) is 48.0 Å². The summed E-state index contributed by atoms with van der Waals surface area (Å²) in [7, 11) is 0. The Morgan fingerprint density at radius 2 is 1.62 bits per heavy atom. The molecule has 0 radical (unpaired) electrons. The maximum atomic E-state index is 12.4. The molecule has 0 heterocycles. The number of amides is 1. The van der Waals surface area contributed by atoms with Crippen LogP contribution in [0.3, 0.4) is 0 Å². The van der Waals surface area contributed by atoms with Crippen LogP contribution in [0.1, 0.15) is 46.9 Å². The summed E-state index contributed by atoms with van der Waals surface area (Å²) in [5, 5.41) is 15.8. The summed E-state index contributed by atoms with van der Waals surface area (Å²) in [6.45, 7) is 7.38. The molecule has 3 aromatic carbocycles.